The Hall–Kier alpha value is -1.31. The summed E-state index contributed by atoms with van der Waals surface area (Å²) in [5.41, 5.74) is 2.15. The number of imidazole rings is 1. The van der Waals surface area contributed by atoms with Gasteiger partial charge in [-0.3, -0.25) is 0 Å². The van der Waals surface area contributed by atoms with Crippen molar-refractivity contribution < 1.29 is 0 Å². The number of hydrogen-bond donors (Lipinski definition) is 0. The third-order valence-corrected chi connectivity index (χ3v) is 1.75. The average molecular weight is 145 g/mol. The predicted octanol–water partition coefficient (Wildman–Crippen LogP) is 1.71. The molecule has 11 heavy (non-hydrogen) atoms. The molecule has 0 unspecified atom stereocenters. The van der Waals surface area contributed by atoms with Crippen molar-refractivity contribution in [2.24, 2.45) is 0 Å². The Morgan fingerprint density at radius 2 is 2.36 bits per heavy atom. The molecule has 0 aliphatic heterocycles. The zero-order chi connectivity index (χ0) is 7.68. The van der Waals surface area contributed by atoms with Gasteiger partial charge in [-0.15, -0.1) is 0 Å². The molecular weight excluding hydrogens is 136 g/mol. The maximum absolute atomic E-state index is 4.21. The minimum absolute atomic E-state index is 0.783. The fourth-order valence-electron chi connectivity index (χ4n) is 1.17. The van der Waals surface area contributed by atoms with Gasteiger partial charge in [0.1, 0.15) is 5.65 Å². The van der Waals surface area contributed by atoms with Gasteiger partial charge in [-0.05, 0) is 25.5 Å². The third-order valence-electron chi connectivity index (χ3n) is 1.75. The zero-order valence-electron chi connectivity index (χ0n) is 6.20. The molecular formula is C9H9N2. The van der Waals surface area contributed by atoms with Crippen LogP contribution in [0.15, 0.2) is 30.6 Å². The Balaban J connectivity index is 2.76. The summed E-state index contributed by atoms with van der Waals surface area (Å²) in [6.07, 6.45) is 4.65. The van der Waals surface area contributed by atoms with E-state index < -0.39 is 0 Å². The summed E-state index contributed by atoms with van der Waals surface area (Å²) in [5.74, 6) is 0. The monoisotopic (exact) mass is 145 g/mol. The smallest absolute Gasteiger partial charge is 0.136 e. The van der Waals surface area contributed by atoms with Gasteiger partial charge in [-0.2, -0.15) is 0 Å². The molecule has 0 atom stereocenters. The fraction of sp³-hybridized carbons (Fsp3) is 0.111. The average Bonchev–Trinajstić information content (AvgIpc) is 2.47. The summed E-state index contributed by atoms with van der Waals surface area (Å²) >= 11 is 0. The van der Waals surface area contributed by atoms with Crippen molar-refractivity contribution in [1.29, 1.82) is 0 Å². The first-order valence-corrected chi connectivity index (χ1v) is 3.62. The lowest BCUT2D eigenvalue weighted by atomic mass is 10.4. The van der Waals surface area contributed by atoms with Crippen LogP contribution >= 0.6 is 0 Å². The van der Waals surface area contributed by atoms with Crippen LogP contribution in [0.2, 0.25) is 0 Å². The van der Waals surface area contributed by atoms with Crippen molar-refractivity contribution in [1.82, 2.24) is 9.38 Å². The SMILES string of the molecule is [CH2]Cc1cnc2ccccn12. The maximum Gasteiger partial charge on any atom is 0.136 e. The molecule has 0 saturated heterocycles. The molecule has 2 aromatic heterocycles. The van der Waals surface area contributed by atoms with Crippen molar-refractivity contribution in [3.05, 3.63) is 43.2 Å². The number of aromatic nitrogens is 2. The van der Waals surface area contributed by atoms with E-state index in [0.29, 0.717) is 0 Å². The Bertz CT molecular complexity index is 362. The lowest BCUT2D eigenvalue weighted by Gasteiger charge is -1.94. The molecule has 55 valence electrons. The van der Waals surface area contributed by atoms with E-state index in [4.69, 9.17) is 0 Å². The second-order valence-electron chi connectivity index (χ2n) is 2.43. The second-order valence-corrected chi connectivity index (χ2v) is 2.43. The van der Waals surface area contributed by atoms with Gasteiger partial charge in [-0.1, -0.05) is 6.07 Å². The molecule has 2 rings (SSSR count). The Morgan fingerprint density at radius 3 is 3.18 bits per heavy atom. The van der Waals surface area contributed by atoms with Crippen LogP contribution < -0.4 is 0 Å². The summed E-state index contributed by atoms with van der Waals surface area (Å²) in [5, 5.41) is 0. The molecule has 0 aromatic carbocycles. The van der Waals surface area contributed by atoms with Gasteiger partial charge in [0, 0.05) is 18.1 Å². The first kappa shape index (κ1) is 6.40. The van der Waals surface area contributed by atoms with Crippen molar-refractivity contribution in [3.63, 3.8) is 0 Å². The highest BCUT2D eigenvalue weighted by Crippen LogP contribution is 2.05. The molecule has 1 radical (unpaired) electrons. The molecule has 2 heteroatoms. The highest BCUT2D eigenvalue weighted by atomic mass is 15.0. The fourth-order valence-corrected chi connectivity index (χ4v) is 1.17. The van der Waals surface area contributed by atoms with Gasteiger partial charge in [-0.25, -0.2) is 4.98 Å². The Kier molecular flexibility index (Phi) is 1.39. The minimum atomic E-state index is 0.783. The van der Waals surface area contributed by atoms with E-state index in [1.165, 1.54) is 0 Å². The van der Waals surface area contributed by atoms with Crippen LogP contribution in [-0.4, -0.2) is 9.38 Å². The summed E-state index contributed by atoms with van der Waals surface area (Å²) in [6.45, 7) is 3.82. The molecule has 0 saturated carbocycles. The van der Waals surface area contributed by atoms with Gasteiger partial charge < -0.3 is 4.40 Å². The van der Waals surface area contributed by atoms with Crippen LogP contribution in [0, 0.1) is 6.92 Å². The summed E-state index contributed by atoms with van der Waals surface area (Å²) < 4.78 is 2.05. The molecule has 2 aromatic rings. The number of fused-ring (bicyclic) bond motifs is 1. The molecule has 0 amide bonds. The first-order chi connectivity index (χ1) is 5.42. The summed E-state index contributed by atoms with van der Waals surface area (Å²) in [4.78, 5) is 4.21. The second kappa shape index (κ2) is 2.38. The van der Waals surface area contributed by atoms with Gasteiger partial charge in [0.15, 0.2) is 0 Å². The van der Waals surface area contributed by atoms with Crippen LogP contribution in [0.5, 0.6) is 0 Å². The predicted molar refractivity (Wildman–Crippen MR) is 44.3 cm³/mol. The maximum atomic E-state index is 4.21. The quantitative estimate of drug-likeness (QED) is 0.597. The first-order valence-electron chi connectivity index (χ1n) is 3.62. The van der Waals surface area contributed by atoms with Gasteiger partial charge in [0.25, 0.3) is 0 Å². The van der Waals surface area contributed by atoms with Crippen LogP contribution in [-0.2, 0) is 6.42 Å². The van der Waals surface area contributed by atoms with Crippen LogP contribution in [0.1, 0.15) is 5.69 Å². The third kappa shape index (κ3) is 0.909. The van der Waals surface area contributed by atoms with Crippen LogP contribution in [0.3, 0.4) is 0 Å². The van der Waals surface area contributed by atoms with Crippen molar-refractivity contribution >= 4 is 5.65 Å². The minimum Gasteiger partial charge on any atom is -0.304 e. The van der Waals surface area contributed by atoms with Crippen LogP contribution in [0.25, 0.3) is 5.65 Å². The van der Waals surface area contributed by atoms with E-state index >= 15 is 0 Å². The van der Waals surface area contributed by atoms with E-state index in [9.17, 15) is 0 Å². The molecule has 0 spiro atoms. The lowest BCUT2D eigenvalue weighted by molar-refractivity contribution is 1.05. The topological polar surface area (TPSA) is 17.3 Å². The summed E-state index contributed by atoms with van der Waals surface area (Å²) in [6, 6.07) is 5.96. The van der Waals surface area contributed by atoms with E-state index in [1.54, 1.807) is 0 Å². The van der Waals surface area contributed by atoms with E-state index in [1.807, 2.05) is 35.0 Å². The zero-order valence-corrected chi connectivity index (χ0v) is 6.20. The number of nitrogens with zero attached hydrogens (tertiary/aromatic N) is 2. The number of rotatable bonds is 1. The highest BCUT2D eigenvalue weighted by molar-refractivity contribution is 5.39. The molecule has 0 aliphatic carbocycles. The standard InChI is InChI=1S/C9H9N2/c1-2-8-7-10-9-5-3-4-6-11(8)9/h3-7H,1-2H2. The molecule has 0 fully saturated rings. The molecule has 2 heterocycles. The van der Waals surface area contributed by atoms with E-state index in [0.717, 1.165) is 17.8 Å². The Morgan fingerprint density at radius 1 is 1.45 bits per heavy atom. The normalized spacial score (nSPS) is 10.6. The largest absolute Gasteiger partial charge is 0.304 e. The van der Waals surface area contributed by atoms with Crippen molar-refractivity contribution in [3.8, 4) is 0 Å². The molecule has 0 bridgehead atoms. The van der Waals surface area contributed by atoms with E-state index in [-0.39, 0.29) is 0 Å². The van der Waals surface area contributed by atoms with Gasteiger partial charge in [0.2, 0.25) is 0 Å². The molecule has 0 N–H and O–H groups in total. The lowest BCUT2D eigenvalue weighted by Crippen LogP contribution is -1.88. The molecule has 0 aliphatic rings. The number of pyridine rings is 1. The van der Waals surface area contributed by atoms with Gasteiger partial charge >= 0.3 is 0 Å². The van der Waals surface area contributed by atoms with Crippen molar-refractivity contribution in [2.45, 2.75) is 6.42 Å². The molecule has 2 nitrogen and oxygen atoms in total. The highest BCUT2D eigenvalue weighted by Gasteiger charge is 1.97. The van der Waals surface area contributed by atoms with Gasteiger partial charge in [0.05, 0.1) is 0 Å². The Labute approximate surface area is 65.5 Å². The number of hydrogen-bond acceptors (Lipinski definition) is 1. The van der Waals surface area contributed by atoms with E-state index in [2.05, 4.69) is 11.9 Å². The summed E-state index contributed by atoms with van der Waals surface area (Å²) in [7, 11) is 0. The van der Waals surface area contributed by atoms with Crippen molar-refractivity contribution in [2.75, 3.05) is 0 Å². The van der Waals surface area contributed by atoms with Crippen LogP contribution in [0.4, 0.5) is 0 Å².